The lowest BCUT2D eigenvalue weighted by Gasteiger charge is -2.38. The van der Waals surface area contributed by atoms with Crippen LogP contribution in [0, 0.1) is 0 Å². The fraction of sp³-hybridized carbons (Fsp3) is 0.917. The van der Waals surface area contributed by atoms with Gasteiger partial charge in [-0.15, -0.1) is 0 Å². The van der Waals surface area contributed by atoms with E-state index in [-0.39, 0.29) is 6.04 Å². The molecule has 94 valence electrons. The highest BCUT2D eigenvalue weighted by atomic mass is 15.3. The molecule has 0 aromatic carbocycles. The van der Waals surface area contributed by atoms with Gasteiger partial charge < -0.3 is 10.6 Å². The molecule has 16 heavy (non-hydrogen) atoms. The van der Waals surface area contributed by atoms with Crippen molar-refractivity contribution in [2.75, 3.05) is 26.2 Å². The monoisotopic (exact) mass is 226 g/mol. The van der Waals surface area contributed by atoms with Crippen molar-refractivity contribution >= 4 is 5.96 Å². The Morgan fingerprint density at radius 1 is 1.19 bits per heavy atom. The summed E-state index contributed by atoms with van der Waals surface area (Å²) in [6.45, 7) is 12.9. The zero-order valence-corrected chi connectivity index (χ0v) is 11.1. The normalized spacial score (nSPS) is 21.6. The van der Waals surface area contributed by atoms with E-state index in [1.54, 1.807) is 0 Å². The minimum atomic E-state index is 0.285. The molecule has 1 atom stereocenters. The minimum Gasteiger partial charge on any atom is -0.370 e. The Morgan fingerprint density at radius 3 is 2.19 bits per heavy atom. The van der Waals surface area contributed by atoms with E-state index in [2.05, 4.69) is 42.5 Å². The molecule has 1 unspecified atom stereocenters. The highest BCUT2D eigenvalue weighted by Crippen LogP contribution is 2.08. The van der Waals surface area contributed by atoms with Crippen molar-refractivity contribution in [3.8, 4) is 0 Å². The van der Waals surface area contributed by atoms with Gasteiger partial charge in [0.15, 0.2) is 5.96 Å². The van der Waals surface area contributed by atoms with Gasteiger partial charge in [-0.05, 0) is 27.2 Å². The summed E-state index contributed by atoms with van der Waals surface area (Å²) >= 11 is 0. The first-order valence-electron chi connectivity index (χ1n) is 6.36. The second-order valence-corrected chi connectivity index (χ2v) is 4.86. The number of hydrogen-bond donors (Lipinski definition) is 1. The first-order chi connectivity index (χ1) is 7.54. The average molecular weight is 226 g/mol. The fourth-order valence-corrected chi connectivity index (χ4v) is 2.00. The Kier molecular flexibility index (Phi) is 5.06. The third-order valence-corrected chi connectivity index (χ3v) is 3.24. The summed E-state index contributed by atoms with van der Waals surface area (Å²) in [6, 6.07) is 0.970. The number of aliphatic imine (C=N–C) groups is 1. The van der Waals surface area contributed by atoms with Crippen LogP contribution < -0.4 is 5.73 Å². The summed E-state index contributed by atoms with van der Waals surface area (Å²) in [6.07, 6.45) is 1.22. The topological polar surface area (TPSA) is 44.9 Å². The lowest BCUT2D eigenvalue weighted by molar-refractivity contribution is 0.137. The molecular weight excluding hydrogens is 200 g/mol. The largest absolute Gasteiger partial charge is 0.370 e. The van der Waals surface area contributed by atoms with Crippen LogP contribution in [-0.4, -0.2) is 54.0 Å². The Balaban J connectivity index is 2.43. The van der Waals surface area contributed by atoms with Crippen LogP contribution in [0.25, 0.3) is 0 Å². The average Bonchev–Trinajstić information content (AvgIpc) is 2.27. The van der Waals surface area contributed by atoms with E-state index in [9.17, 15) is 0 Å². The maximum absolute atomic E-state index is 5.96. The summed E-state index contributed by atoms with van der Waals surface area (Å²) in [5.74, 6) is 0.707. The predicted molar refractivity (Wildman–Crippen MR) is 69.7 cm³/mol. The van der Waals surface area contributed by atoms with Crippen LogP contribution in [0.4, 0.5) is 0 Å². The zero-order valence-electron chi connectivity index (χ0n) is 11.1. The lowest BCUT2D eigenvalue weighted by atomic mass is 10.2. The van der Waals surface area contributed by atoms with E-state index in [4.69, 9.17) is 5.73 Å². The van der Waals surface area contributed by atoms with Gasteiger partial charge in [0.1, 0.15) is 0 Å². The number of piperazine rings is 1. The van der Waals surface area contributed by atoms with Crippen molar-refractivity contribution in [3.63, 3.8) is 0 Å². The van der Waals surface area contributed by atoms with Crippen LogP contribution in [0.3, 0.4) is 0 Å². The van der Waals surface area contributed by atoms with Gasteiger partial charge in [-0.2, -0.15) is 0 Å². The van der Waals surface area contributed by atoms with E-state index >= 15 is 0 Å². The van der Waals surface area contributed by atoms with Gasteiger partial charge in [-0.1, -0.05) is 6.92 Å². The molecule has 4 heteroatoms. The summed E-state index contributed by atoms with van der Waals surface area (Å²) in [5.41, 5.74) is 5.96. The predicted octanol–water partition coefficient (Wildman–Crippen LogP) is 1.13. The van der Waals surface area contributed by atoms with Gasteiger partial charge in [0.05, 0.1) is 0 Å². The van der Waals surface area contributed by atoms with E-state index < -0.39 is 0 Å². The quantitative estimate of drug-likeness (QED) is 0.579. The van der Waals surface area contributed by atoms with Crippen LogP contribution in [0.1, 0.15) is 34.1 Å². The number of nitrogens with zero attached hydrogens (tertiary/aromatic N) is 3. The molecule has 1 aliphatic rings. The second kappa shape index (κ2) is 6.09. The molecule has 0 saturated carbocycles. The van der Waals surface area contributed by atoms with Gasteiger partial charge in [0, 0.05) is 38.3 Å². The molecule has 1 fully saturated rings. The Hall–Kier alpha value is -0.770. The molecule has 0 aliphatic carbocycles. The summed E-state index contributed by atoms with van der Waals surface area (Å²) in [5, 5.41) is 0. The Labute approximate surface area is 99.5 Å². The van der Waals surface area contributed by atoms with Crippen molar-refractivity contribution < 1.29 is 0 Å². The van der Waals surface area contributed by atoms with E-state index in [1.165, 1.54) is 6.42 Å². The molecule has 0 aromatic heterocycles. The standard InChI is InChI=1S/C12H26N4/c1-5-11(4)15-6-8-16(9-7-15)12(13)14-10(2)3/h10-11H,5-9H2,1-4H3,(H2,13,14). The smallest absolute Gasteiger partial charge is 0.191 e. The minimum absolute atomic E-state index is 0.285. The summed E-state index contributed by atoms with van der Waals surface area (Å²) in [7, 11) is 0. The van der Waals surface area contributed by atoms with Crippen LogP contribution in [0.15, 0.2) is 4.99 Å². The third-order valence-electron chi connectivity index (χ3n) is 3.24. The molecule has 0 aromatic rings. The summed E-state index contributed by atoms with van der Waals surface area (Å²) < 4.78 is 0. The van der Waals surface area contributed by atoms with Gasteiger partial charge in [0.25, 0.3) is 0 Å². The maximum Gasteiger partial charge on any atom is 0.191 e. The van der Waals surface area contributed by atoms with Gasteiger partial charge in [-0.25, -0.2) is 0 Å². The number of rotatable bonds is 3. The molecule has 1 aliphatic heterocycles. The highest BCUT2D eigenvalue weighted by Gasteiger charge is 2.20. The van der Waals surface area contributed by atoms with Gasteiger partial charge >= 0.3 is 0 Å². The molecule has 4 nitrogen and oxygen atoms in total. The highest BCUT2D eigenvalue weighted by molar-refractivity contribution is 5.78. The maximum atomic E-state index is 5.96. The van der Waals surface area contributed by atoms with Crippen molar-refractivity contribution in [1.29, 1.82) is 0 Å². The van der Waals surface area contributed by atoms with Crippen LogP contribution in [0.2, 0.25) is 0 Å². The Morgan fingerprint density at radius 2 is 1.75 bits per heavy atom. The van der Waals surface area contributed by atoms with Crippen LogP contribution in [0.5, 0.6) is 0 Å². The second-order valence-electron chi connectivity index (χ2n) is 4.86. The van der Waals surface area contributed by atoms with Crippen LogP contribution >= 0.6 is 0 Å². The number of hydrogen-bond acceptors (Lipinski definition) is 2. The third kappa shape index (κ3) is 3.67. The molecule has 0 bridgehead atoms. The van der Waals surface area contributed by atoms with E-state index in [1.807, 2.05) is 0 Å². The van der Waals surface area contributed by atoms with Gasteiger partial charge in [-0.3, -0.25) is 9.89 Å². The van der Waals surface area contributed by atoms with Crippen molar-refractivity contribution in [2.45, 2.75) is 46.2 Å². The first kappa shape index (κ1) is 13.3. The van der Waals surface area contributed by atoms with Crippen molar-refractivity contribution in [1.82, 2.24) is 9.80 Å². The lowest BCUT2D eigenvalue weighted by Crippen LogP contribution is -2.53. The van der Waals surface area contributed by atoms with Gasteiger partial charge in [0.2, 0.25) is 0 Å². The van der Waals surface area contributed by atoms with Crippen LogP contribution in [-0.2, 0) is 0 Å². The molecule has 0 amide bonds. The van der Waals surface area contributed by atoms with Crippen molar-refractivity contribution in [2.24, 2.45) is 10.7 Å². The molecule has 1 rings (SSSR count). The van der Waals surface area contributed by atoms with E-state index in [0.717, 1.165) is 26.2 Å². The fourth-order valence-electron chi connectivity index (χ4n) is 2.00. The first-order valence-corrected chi connectivity index (χ1v) is 6.36. The molecule has 1 saturated heterocycles. The summed E-state index contributed by atoms with van der Waals surface area (Å²) in [4.78, 5) is 9.11. The number of nitrogens with two attached hydrogens (primary N) is 1. The molecule has 2 N–H and O–H groups in total. The molecule has 0 radical (unpaired) electrons. The zero-order chi connectivity index (χ0) is 12.1. The molecule has 0 spiro atoms. The Bertz CT molecular complexity index is 229. The van der Waals surface area contributed by atoms with Crippen molar-refractivity contribution in [3.05, 3.63) is 0 Å². The SMILES string of the molecule is CCC(C)N1CCN(C(N)=NC(C)C)CC1. The van der Waals surface area contributed by atoms with E-state index in [0.29, 0.717) is 12.0 Å². The molecule has 1 heterocycles. The molecular formula is C12H26N4. The number of guanidine groups is 1.